The van der Waals surface area contributed by atoms with Gasteiger partial charge in [0.25, 0.3) is 0 Å². The van der Waals surface area contributed by atoms with Gasteiger partial charge in [0, 0.05) is 6.42 Å². The molecule has 0 saturated heterocycles. The quantitative estimate of drug-likeness (QED) is 0.412. The van der Waals surface area contributed by atoms with Crippen LogP contribution in [0.15, 0.2) is 60.7 Å². The van der Waals surface area contributed by atoms with Crippen LogP contribution in [-0.2, 0) is 4.79 Å². The van der Waals surface area contributed by atoms with Crippen LogP contribution in [0.2, 0.25) is 0 Å². The number of carboxylic acids is 1. The van der Waals surface area contributed by atoms with Gasteiger partial charge in [0.1, 0.15) is 0 Å². The summed E-state index contributed by atoms with van der Waals surface area (Å²) >= 11 is 0. The van der Waals surface area contributed by atoms with Crippen LogP contribution in [0.25, 0.3) is 0 Å². The monoisotopic (exact) mass is 356 g/mol. The molecule has 3 heteroatoms. The van der Waals surface area contributed by atoms with Crippen LogP contribution >= 0.6 is 7.92 Å². The van der Waals surface area contributed by atoms with Crippen molar-refractivity contribution in [3.8, 4) is 0 Å². The largest absolute Gasteiger partial charge is 0.481 e. The molecule has 2 aromatic rings. The summed E-state index contributed by atoms with van der Waals surface area (Å²) in [6.45, 7) is 0. The molecule has 0 bridgehead atoms. The highest BCUT2D eigenvalue weighted by Gasteiger charge is 2.12. The lowest BCUT2D eigenvalue weighted by molar-refractivity contribution is -0.137. The third-order valence-corrected chi connectivity index (χ3v) is 7.01. The van der Waals surface area contributed by atoms with Gasteiger partial charge in [0.05, 0.1) is 0 Å². The van der Waals surface area contributed by atoms with Gasteiger partial charge in [-0.3, -0.25) is 4.79 Å². The zero-order valence-electron chi connectivity index (χ0n) is 14.9. The van der Waals surface area contributed by atoms with Crippen LogP contribution in [0, 0.1) is 0 Å². The van der Waals surface area contributed by atoms with E-state index in [1.165, 1.54) is 48.9 Å². The lowest BCUT2D eigenvalue weighted by Crippen LogP contribution is -2.13. The van der Waals surface area contributed by atoms with Crippen molar-refractivity contribution in [1.82, 2.24) is 0 Å². The minimum absolute atomic E-state index is 0.254. The molecule has 0 fully saturated rings. The average molecular weight is 356 g/mol. The van der Waals surface area contributed by atoms with Crippen molar-refractivity contribution in [2.24, 2.45) is 0 Å². The zero-order chi connectivity index (χ0) is 17.7. The molecule has 25 heavy (non-hydrogen) atoms. The average Bonchev–Trinajstić information content (AvgIpc) is 2.64. The molecule has 2 nitrogen and oxygen atoms in total. The molecule has 0 aliphatic rings. The van der Waals surface area contributed by atoms with Crippen LogP contribution in [0.1, 0.15) is 51.4 Å². The van der Waals surface area contributed by atoms with E-state index < -0.39 is 5.97 Å². The van der Waals surface area contributed by atoms with Crippen molar-refractivity contribution >= 4 is 24.5 Å². The van der Waals surface area contributed by atoms with Gasteiger partial charge in [-0.25, -0.2) is 0 Å². The Kier molecular flexibility index (Phi) is 9.29. The van der Waals surface area contributed by atoms with E-state index in [0.29, 0.717) is 6.42 Å². The summed E-state index contributed by atoms with van der Waals surface area (Å²) in [6.07, 6.45) is 9.64. The van der Waals surface area contributed by atoms with Crippen LogP contribution < -0.4 is 10.6 Å². The number of carboxylic acid groups (broad SMARTS) is 1. The second-order valence-electron chi connectivity index (χ2n) is 6.44. The molecule has 134 valence electrons. The highest BCUT2D eigenvalue weighted by molar-refractivity contribution is 7.73. The molecule has 0 aromatic heterocycles. The highest BCUT2D eigenvalue weighted by Crippen LogP contribution is 2.34. The first-order valence-corrected chi connectivity index (χ1v) is 10.9. The predicted molar refractivity (Wildman–Crippen MR) is 109 cm³/mol. The van der Waals surface area contributed by atoms with E-state index in [2.05, 4.69) is 60.7 Å². The third-order valence-electron chi connectivity index (χ3n) is 4.41. The molecule has 0 heterocycles. The Hall–Kier alpha value is -1.66. The third kappa shape index (κ3) is 7.84. The van der Waals surface area contributed by atoms with E-state index in [1.807, 2.05) is 0 Å². The first-order valence-electron chi connectivity index (χ1n) is 9.37. The van der Waals surface area contributed by atoms with Crippen molar-refractivity contribution in [3.05, 3.63) is 60.7 Å². The molecule has 0 spiro atoms. The number of rotatable bonds is 12. The van der Waals surface area contributed by atoms with Gasteiger partial charge in [0.15, 0.2) is 0 Å². The minimum atomic E-state index is -0.671. The summed E-state index contributed by atoms with van der Waals surface area (Å²) < 4.78 is 0. The Morgan fingerprint density at radius 1 is 0.680 bits per heavy atom. The summed E-state index contributed by atoms with van der Waals surface area (Å²) in [5, 5.41) is 11.6. The van der Waals surface area contributed by atoms with E-state index >= 15 is 0 Å². The Labute approximate surface area is 153 Å². The molecule has 0 unspecified atom stereocenters. The maximum atomic E-state index is 10.5. The van der Waals surface area contributed by atoms with E-state index in [-0.39, 0.29) is 7.92 Å². The Balaban J connectivity index is 1.71. The smallest absolute Gasteiger partial charge is 0.303 e. The molecule has 0 radical (unpaired) electrons. The molecular formula is C22H29O2P. The predicted octanol–water partition coefficient (Wildman–Crippen LogP) is 5.32. The first-order chi connectivity index (χ1) is 12.3. The van der Waals surface area contributed by atoms with E-state index in [1.54, 1.807) is 0 Å². The number of unbranched alkanes of at least 4 members (excludes halogenated alkanes) is 6. The topological polar surface area (TPSA) is 37.3 Å². The number of carbonyl (C=O) groups is 1. The van der Waals surface area contributed by atoms with Crippen LogP contribution in [0.3, 0.4) is 0 Å². The normalized spacial score (nSPS) is 10.9. The Morgan fingerprint density at radius 3 is 1.60 bits per heavy atom. The maximum Gasteiger partial charge on any atom is 0.303 e. The Bertz CT molecular complexity index is 558. The molecule has 0 aliphatic carbocycles. The molecule has 0 aliphatic heterocycles. The molecule has 1 N–H and O–H groups in total. The van der Waals surface area contributed by atoms with Crippen molar-refractivity contribution in [2.75, 3.05) is 6.16 Å². The first kappa shape index (κ1) is 19.7. The Morgan fingerprint density at radius 2 is 1.12 bits per heavy atom. The molecule has 0 amide bonds. The summed E-state index contributed by atoms with van der Waals surface area (Å²) in [6, 6.07) is 21.8. The number of benzene rings is 2. The number of aliphatic carboxylic acids is 1. The second-order valence-corrected chi connectivity index (χ2v) is 8.78. The lowest BCUT2D eigenvalue weighted by Gasteiger charge is -2.18. The summed E-state index contributed by atoms with van der Waals surface area (Å²) in [5.41, 5.74) is 0. The number of hydrogen-bond acceptors (Lipinski definition) is 1. The van der Waals surface area contributed by atoms with Gasteiger partial charge in [-0.05, 0) is 37.5 Å². The summed E-state index contributed by atoms with van der Waals surface area (Å²) in [7, 11) is -0.254. The SMILES string of the molecule is O=C(O)CCCCCCCCCP(c1ccccc1)c1ccccc1. The van der Waals surface area contributed by atoms with Crippen LogP contribution in [0.4, 0.5) is 0 Å². The molecule has 2 aromatic carbocycles. The van der Waals surface area contributed by atoms with E-state index in [4.69, 9.17) is 5.11 Å². The summed E-state index contributed by atoms with van der Waals surface area (Å²) in [4.78, 5) is 10.5. The van der Waals surface area contributed by atoms with Crippen LogP contribution in [0.5, 0.6) is 0 Å². The fraction of sp³-hybridized carbons (Fsp3) is 0.409. The van der Waals surface area contributed by atoms with E-state index in [9.17, 15) is 4.79 Å². The zero-order valence-corrected chi connectivity index (χ0v) is 15.8. The minimum Gasteiger partial charge on any atom is -0.481 e. The second kappa shape index (κ2) is 11.8. The van der Waals surface area contributed by atoms with E-state index in [0.717, 1.165) is 12.8 Å². The van der Waals surface area contributed by atoms with Crippen LogP contribution in [-0.4, -0.2) is 17.2 Å². The van der Waals surface area contributed by atoms with Crippen molar-refractivity contribution in [1.29, 1.82) is 0 Å². The molecule has 0 saturated carbocycles. The van der Waals surface area contributed by atoms with Gasteiger partial charge in [-0.15, -0.1) is 0 Å². The van der Waals surface area contributed by atoms with Crippen molar-refractivity contribution in [2.45, 2.75) is 51.4 Å². The summed E-state index contributed by atoms with van der Waals surface area (Å²) in [5.74, 6) is -0.671. The molecular weight excluding hydrogens is 327 g/mol. The van der Waals surface area contributed by atoms with Crippen molar-refractivity contribution < 1.29 is 9.90 Å². The molecule has 2 rings (SSSR count). The van der Waals surface area contributed by atoms with Gasteiger partial charge in [0.2, 0.25) is 0 Å². The standard InChI is InChI=1S/C22H29O2P/c23-22(24)18-12-4-2-1-3-5-13-19-25(20-14-8-6-9-15-20)21-16-10-7-11-17-21/h6-11,14-17H,1-5,12-13,18-19H2,(H,23,24). The van der Waals surface area contributed by atoms with Gasteiger partial charge in [-0.1, -0.05) is 92.8 Å². The maximum absolute atomic E-state index is 10.5. The fourth-order valence-electron chi connectivity index (χ4n) is 3.05. The lowest BCUT2D eigenvalue weighted by atomic mass is 10.1. The fourth-order valence-corrected chi connectivity index (χ4v) is 5.47. The van der Waals surface area contributed by atoms with Gasteiger partial charge < -0.3 is 5.11 Å². The number of hydrogen-bond donors (Lipinski definition) is 1. The highest BCUT2D eigenvalue weighted by atomic mass is 31.1. The van der Waals surface area contributed by atoms with Crippen molar-refractivity contribution in [3.63, 3.8) is 0 Å². The molecule has 0 atom stereocenters. The van der Waals surface area contributed by atoms with Gasteiger partial charge >= 0.3 is 5.97 Å². The van der Waals surface area contributed by atoms with Gasteiger partial charge in [-0.2, -0.15) is 0 Å².